The Morgan fingerprint density at radius 2 is 2.24 bits per heavy atom. The average molecular weight is 314 g/mol. The number of ether oxygens (including phenoxy) is 1. The van der Waals surface area contributed by atoms with Crippen LogP contribution in [0.25, 0.3) is 0 Å². The number of nitrogens with zero attached hydrogens (tertiary/aromatic N) is 2. The number of aromatic nitrogens is 2. The van der Waals surface area contributed by atoms with Gasteiger partial charge in [0.25, 0.3) is 10.0 Å². The van der Waals surface area contributed by atoms with Gasteiger partial charge in [0.2, 0.25) is 0 Å². The molecule has 0 radical (unpaired) electrons. The van der Waals surface area contributed by atoms with Gasteiger partial charge in [0.1, 0.15) is 0 Å². The number of hydrogen-bond donors (Lipinski definition) is 2. The van der Waals surface area contributed by atoms with E-state index in [1.807, 2.05) is 6.92 Å². The first-order chi connectivity index (χ1) is 10.00. The Morgan fingerprint density at radius 1 is 1.48 bits per heavy atom. The molecule has 2 heterocycles. The highest BCUT2D eigenvalue weighted by molar-refractivity contribution is 7.89. The van der Waals surface area contributed by atoms with Crippen molar-refractivity contribution < 1.29 is 13.2 Å². The van der Waals surface area contributed by atoms with Gasteiger partial charge in [-0.3, -0.25) is 5.10 Å². The molecule has 8 heteroatoms. The fraction of sp³-hybridized carbons (Fsp3) is 0.769. The van der Waals surface area contributed by atoms with Crippen LogP contribution in [0.15, 0.2) is 11.2 Å². The van der Waals surface area contributed by atoms with Crippen LogP contribution in [0.4, 0.5) is 0 Å². The normalized spacial score (nSPS) is 26.6. The summed E-state index contributed by atoms with van der Waals surface area (Å²) in [4.78, 5) is 0. The monoisotopic (exact) mass is 314 g/mol. The van der Waals surface area contributed by atoms with Gasteiger partial charge in [-0.05, 0) is 26.2 Å². The van der Waals surface area contributed by atoms with E-state index in [9.17, 15) is 8.42 Å². The van der Waals surface area contributed by atoms with Crippen molar-refractivity contribution in [2.24, 2.45) is 0 Å². The minimum atomic E-state index is -3.57. The molecule has 2 atom stereocenters. The van der Waals surface area contributed by atoms with Crippen LogP contribution in [-0.4, -0.2) is 54.8 Å². The highest BCUT2D eigenvalue weighted by Crippen LogP contribution is 2.26. The molecule has 118 valence electrons. The van der Waals surface area contributed by atoms with E-state index in [1.165, 1.54) is 4.31 Å². The van der Waals surface area contributed by atoms with Crippen LogP contribution in [0.2, 0.25) is 0 Å². The fourth-order valence-corrected chi connectivity index (χ4v) is 4.26. The zero-order valence-corrected chi connectivity index (χ0v) is 13.2. The van der Waals surface area contributed by atoms with Crippen LogP contribution in [0.1, 0.15) is 31.7 Å². The van der Waals surface area contributed by atoms with Gasteiger partial charge in [-0.25, -0.2) is 8.42 Å². The van der Waals surface area contributed by atoms with Gasteiger partial charge in [-0.1, -0.05) is 0 Å². The number of sulfonamides is 1. The van der Waals surface area contributed by atoms with Crippen LogP contribution in [0.5, 0.6) is 0 Å². The summed E-state index contributed by atoms with van der Waals surface area (Å²) in [6.07, 6.45) is 4.56. The molecule has 1 aliphatic heterocycles. The van der Waals surface area contributed by atoms with Crippen LogP contribution < -0.4 is 5.32 Å². The Hall–Kier alpha value is -0.960. The lowest BCUT2D eigenvalue weighted by atomic mass is 10.2. The number of hydrogen-bond acceptors (Lipinski definition) is 5. The minimum Gasteiger partial charge on any atom is -0.377 e. The highest BCUT2D eigenvalue weighted by Gasteiger charge is 2.37. The van der Waals surface area contributed by atoms with Crippen molar-refractivity contribution in [3.8, 4) is 0 Å². The lowest BCUT2D eigenvalue weighted by Crippen LogP contribution is -2.41. The van der Waals surface area contributed by atoms with Gasteiger partial charge in [-0.2, -0.15) is 9.40 Å². The van der Waals surface area contributed by atoms with Crippen molar-refractivity contribution in [2.75, 3.05) is 13.7 Å². The van der Waals surface area contributed by atoms with Gasteiger partial charge in [0, 0.05) is 31.8 Å². The highest BCUT2D eigenvalue weighted by atomic mass is 32.2. The molecule has 7 nitrogen and oxygen atoms in total. The quantitative estimate of drug-likeness (QED) is 0.796. The van der Waals surface area contributed by atoms with E-state index >= 15 is 0 Å². The topological polar surface area (TPSA) is 87.3 Å². The molecule has 0 spiro atoms. The number of H-pyrrole nitrogens is 1. The molecule has 1 aromatic rings. The number of rotatable bonds is 6. The first-order valence-electron chi connectivity index (χ1n) is 7.35. The maximum absolute atomic E-state index is 12.8. The van der Waals surface area contributed by atoms with Crippen LogP contribution >= 0.6 is 0 Å². The molecule has 2 fully saturated rings. The predicted octanol–water partition coefficient (Wildman–Crippen LogP) is 0.460. The summed E-state index contributed by atoms with van der Waals surface area (Å²) in [5, 5.41) is 10.1. The number of nitrogens with one attached hydrogen (secondary N) is 2. The Bertz CT molecular complexity index is 596. The van der Waals surface area contributed by atoms with Crippen molar-refractivity contribution in [1.29, 1.82) is 0 Å². The standard InChI is InChI=1S/C13H22N4O3S/c1-9-12(5-6-20-9)17(2)21(18,19)13-10(8-15-16-13)7-14-11-3-4-11/h8-9,11-12,14H,3-7H2,1-2H3,(H,15,16). The third-order valence-corrected chi connectivity index (χ3v) is 6.18. The fourth-order valence-electron chi connectivity index (χ4n) is 2.71. The third kappa shape index (κ3) is 2.98. The Labute approximate surface area is 125 Å². The van der Waals surface area contributed by atoms with Crippen molar-refractivity contribution in [3.63, 3.8) is 0 Å². The molecular weight excluding hydrogens is 292 g/mol. The Kier molecular flexibility index (Phi) is 4.04. The summed E-state index contributed by atoms with van der Waals surface area (Å²) >= 11 is 0. The van der Waals surface area contributed by atoms with E-state index in [4.69, 9.17) is 4.74 Å². The molecule has 21 heavy (non-hydrogen) atoms. The lowest BCUT2D eigenvalue weighted by Gasteiger charge is -2.25. The second kappa shape index (κ2) is 5.68. The molecule has 3 rings (SSSR count). The van der Waals surface area contributed by atoms with E-state index in [-0.39, 0.29) is 17.2 Å². The molecule has 1 saturated heterocycles. The molecule has 2 unspecified atom stereocenters. The maximum Gasteiger partial charge on any atom is 0.260 e. The van der Waals surface area contributed by atoms with Gasteiger partial charge in [0.15, 0.2) is 5.03 Å². The molecule has 1 aromatic heterocycles. The molecule has 0 amide bonds. The van der Waals surface area contributed by atoms with E-state index in [0.29, 0.717) is 24.8 Å². The Morgan fingerprint density at radius 3 is 2.86 bits per heavy atom. The van der Waals surface area contributed by atoms with Gasteiger partial charge in [-0.15, -0.1) is 0 Å². The summed E-state index contributed by atoms with van der Waals surface area (Å²) in [5.41, 5.74) is 0.695. The van der Waals surface area contributed by atoms with Gasteiger partial charge < -0.3 is 10.1 Å². The van der Waals surface area contributed by atoms with E-state index in [0.717, 1.165) is 19.3 Å². The minimum absolute atomic E-state index is 0.0827. The second-order valence-corrected chi connectivity index (χ2v) is 7.77. The van der Waals surface area contributed by atoms with E-state index in [2.05, 4.69) is 15.5 Å². The summed E-state index contributed by atoms with van der Waals surface area (Å²) in [6.45, 7) is 3.04. The molecule has 1 aliphatic carbocycles. The maximum atomic E-state index is 12.8. The molecule has 0 aromatic carbocycles. The first kappa shape index (κ1) is 15.0. The smallest absolute Gasteiger partial charge is 0.260 e. The van der Waals surface area contributed by atoms with E-state index in [1.54, 1.807) is 13.2 Å². The Balaban J connectivity index is 1.78. The zero-order valence-electron chi connectivity index (χ0n) is 12.4. The molecule has 1 saturated carbocycles. The second-order valence-electron chi connectivity index (χ2n) is 5.83. The summed E-state index contributed by atoms with van der Waals surface area (Å²) in [5.74, 6) is 0. The predicted molar refractivity (Wildman–Crippen MR) is 77.2 cm³/mol. The lowest BCUT2D eigenvalue weighted by molar-refractivity contribution is 0.102. The number of aromatic amines is 1. The van der Waals surface area contributed by atoms with Crippen molar-refractivity contribution in [1.82, 2.24) is 19.8 Å². The largest absolute Gasteiger partial charge is 0.377 e. The summed E-state index contributed by atoms with van der Waals surface area (Å²) < 4.78 is 32.4. The molecular formula is C13H22N4O3S. The molecule has 2 aliphatic rings. The number of likely N-dealkylation sites (N-methyl/N-ethyl adjacent to an activating group) is 1. The van der Waals surface area contributed by atoms with Gasteiger partial charge in [0.05, 0.1) is 18.3 Å². The third-order valence-electron chi connectivity index (χ3n) is 4.28. The zero-order chi connectivity index (χ0) is 15.0. The molecule has 2 N–H and O–H groups in total. The summed E-state index contributed by atoms with van der Waals surface area (Å²) in [6, 6.07) is 0.402. The first-order valence-corrected chi connectivity index (χ1v) is 8.79. The van der Waals surface area contributed by atoms with Crippen LogP contribution in [-0.2, 0) is 21.3 Å². The van der Waals surface area contributed by atoms with Crippen molar-refractivity contribution in [3.05, 3.63) is 11.8 Å². The average Bonchev–Trinajstić information content (AvgIpc) is 2.98. The molecule has 0 bridgehead atoms. The van der Waals surface area contributed by atoms with Crippen LogP contribution in [0, 0.1) is 0 Å². The van der Waals surface area contributed by atoms with Gasteiger partial charge >= 0.3 is 0 Å². The van der Waals surface area contributed by atoms with E-state index < -0.39 is 10.0 Å². The van der Waals surface area contributed by atoms with Crippen molar-refractivity contribution in [2.45, 2.75) is 55.9 Å². The van der Waals surface area contributed by atoms with Crippen molar-refractivity contribution >= 4 is 10.0 Å². The summed E-state index contributed by atoms with van der Waals surface area (Å²) in [7, 11) is -1.96. The SMILES string of the molecule is CC1OCCC1N(C)S(=O)(=O)c1[nH]ncc1CNC1CC1. The van der Waals surface area contributed by atoms with Crippen LogP contribution in [0.3, 0.4) is 0 Å².